The summed E-state index contributed by atoms with van der Waals surface area (Å²) in [5.74, 6) is 0. The summed E-state index contributed by atoms with van der Waals surface area (Å²) in [4.78, 5) is 0. The van der Waals surface area contributed by atoms with E-state index in [0.717, 1.165) is 18.4 Å². The molecule has 14 heavy (non-hydrogen) atoms. The first-order valence-corrected chi connectivity index (χ1v) is 5.17. The van der Waals surface area contributed by atoms with Crippen molar-refractivity contribution < 1.29 is 0 Å². The summed E-state index contributed by atoms with van der Waals surface area (Å²) in [6.45, 7) is 6.22. The van der Waals surface area contributed by atoms with Gasteiger partial charge in [-0.3, -0.25) is 0 Å². The Morgan fingerprint density at radius 1 is 1.14 bits per heavy atom. The van der Waals surface area contributed by atoms with E-state index in [2.05, 4.69) is 51.1 Å². The molecule has 0 N–H and O–H groups in total. The zero-order valence-electron chi connectivity index (χ0n) is 9.17. The zero-order chi connectivity index (χ0) is 10.6. The van der Waals surface area contributed by atoms with Crippen LogP contribution in [0.1, 0.15) is 37.8 Å². The standard InChI is InChI=1S/C13H17N/c1-4-13(5-2,10-14)12-8-6-11(3)7-9-12/h6-9H,4-5H2,1-3H3. The van der Waals surface area contributed by atoms with E-state index in [4.69, 9.17) is 0 Å². The first-order chi connectivity index (χ1) is 6.68. The van der Waals surface area contributed by atoms with Crippen LogP contribution in [0, 0.1) is 18.3 Å². The summed E-state index contributed by atoms with van der Waals surface area (Å²) in [7, 11) is 0. The van der Waals surface area contributed by atoms with Crippen LogP contribution in [0.5, 0.6) is 0 Å². The molecule has 0 saturated heterocycles. The van der Waals surface area contributed by atoms with E-state index < -0.39 is 0 Å². The summed E-state index contributed by atoms with van der Waals surface area (Å²) in [6, 6.07) is 10.8. The fraction of sp³-hybridized carbons (Fsp3) is 0.462. The monoisotopic (exact) mass is 187 g/mol. The van der Waals surface area contributed by atoms with E-state index in [-0.39, 0.29) is 5.41 Å². The fourth-order valence-electron chi connectivity index (χ4n) is 1.75. The molecule has 0 aliphatic heterocycles. The average Bonchev–Trinajstić information content (AvgIpc) is 2.24. The lowest BCUT2D eigenvalue weighted by atomic mass is 9.77. The molecule has 0 aliphatic carbocycles. The normalized spacial score (nSPS) is 11.0. The third-order valence-corrected chi connectivity index (χ3v) is 3.03. The first-order valence-electron chi connectivity index (χ1n) is 5.17. The molecule has 0 radical (unpaired) electrons. The Morgan fingerprint density at radius 2 is 1.64 bits per heavy atom. The first kappa shape index (κ1) is 10.8. The highest BCUT2D eigenvalue weighted by molar-refractivity contribution is 5.33. The van der Waals surface area contributed by atoms with E-state index in [9.17, 15) is 5.26 Å². The summed E-state index contributed by atoms with van der Waals surface area (Å²) >= 11 is 0. The predicted octanol–water partition coefficient (Wildman–Crippen LogP) is 3.58. The highest BCUT2D eigenvalue weighted by Gasteiger charge is 2.27. The minimum atomic E-state index is -0.284. The molecule has 0 bridgehead atoms. The van der Waals surface area contributed by atoms with Crippen LogP contribution in [0.15, 0.2) is 24.3 Å². The largest absolute Gasteiger partial charge is 0.197 e. The lowest BCUT2D eigenvalue weighted by Crippen LogP contribution is -2.21. The number of rotatable bonds is 3. The van der Waals surface area contributed by atoms with Crippen molar-refractivity contribution in [2.24, 2.45) is 0 Å². The topological polar surface area (TPSA) is 23.8 Å². The van der Waals surface area contributed by atoms with E-state index in [1.165, 1.54) is 5.56 Å². The van der Waals surface area contributed by atoms with E-state index in [0.29, 0.717) is 0 Å². The lowest BCUT2D eigenvalue weighted by molar-refractivity contribution is 0.511. The minimum Gasteiger partial charge on any atom is -0.197 e. The molecule has 1 heteroatoms. The molecule has 0 atom stereocenters. The van der Waals surface area contributed by atoms with Gasteiger partial charge in [0.05, 0.1) is 11.5 Å². The second kappa shape index (κ2) is 4.28. The molecule has 0 heterocycles. The molecule has 1 aromatic rings. The molecule has 74 valence electrons. The zero-order valence-corrected chi connectivity index (χ0v) is 9.17. The number of hydrogen-bond acceptors (Lipinski definition) is 1. The molecule has 0 saturated carbocycles. The Balaban J connectivity index is 3.13. The van der Waals surface area contributed by atoms with Gasteiger partial charge in [0.2, 0.25) is 0 Å². The third kappa shape index (κ3) is 1.80. The molecule has 0 amide bonds. The summed E-state index contributed by atoms with van der Waals surface area (Å²) in [5, 5.41) is 9.25. The summed E-state index contributed by atoms with van der Waals surface area (Å²) in [6.07, 6.45) is 1.76. The maximum atomic E-state index is 9.25. The lowest BCUT2D eigenvalue weighted by Gasteiger charge is -2.23. The molecule has 1 aromatic carbocycles. The van der Waals surface area contributed by atoms with Crippen LogP contribution in [0.4, 0.5) is 0 Å². The van der Waals surface area contributed by atoms with Crippen molar-refractivity contribution in [3.63, 3.8) is 0 Å². The van der Waals surface area contributed by atoms with Crippen molar-refractivity contribution in [1.29, 1.82) is 5.26 Å². The van der Waals surface area contributed by atoms with E-state index in [1.807, 2.05) is 0 Å². The van der Waals surface area contributed by atoms with Gasteiger partial charge in [-0.1, -0.05) is 43.7 Å². The van der Waals surface area contributed by atoms with Crippen molar-refractivity contribution in [3.8, 4) is 6.07 Å². The smallest absolute Gasteiger partial charge is 0.0817 e. The van der Waals surface area contributed by atoms with Crippen LogP contribution < -0.4 is 0 Å². The fourth-order valence-corrected chi connectivity index (χ4v) is 1.75. The molecule has 1 nitrogen and oxygen atoms in total. The number of hydrogen-bond donors (Lipinski definition) is 0. The summed E-state index contributed by atoms with van der Waals surface area (Å²) < 4.78 is 0. The van der Waals surface area contributed by atoms with Crippen molar-refractivity contribution >= 4 is 0 Å². The Morgan fingerprint density at radius 3 is 2.00 bits per heavy atom. The number of nitriles is 1. The van der Waals surface area contributed by atoms with Gasteiger partial charge in [0.1, 0.15) is 0 Å². The Bertz CT molecular complexity index is 325. The number of benzene rings is 1. The van der Waals surface area contributed by atoms with Gasteiger partial charge in [0.25, 0.3) is 0 Å². The SMILES string of the molecule is CCC(C#N)(CC)c1ccc(C)cc1. The predicted molar refractivity (Wildman–Crippen MR) is 59.1 cm³/mol. The van der Waals surface area contributed by atoms with Crippen LogP contribution in [0.3, 0.4) is 0 Å². The molecule has 1 rings (SSSR count). The van der Waals surface area contributed by atoms with Gasteiger partial charge in [-0.05, 0) is 25.3 Å². The van der Waals surface area contributed by atoms with Gasteiger partial charge in [0, 0.05) is 0 Å². The number of aryl methyl sites for hydroxylation is 1. The molecular weight excluding hydrogens is 170 g/mol. The highest BCUT2D eigenvalue weighted by Crippen LogP contribution is 2.30. The van der Waals surface area contributed by atoms with Crippen LogP contribution in [0.2, 0.25) is 0 Å². The number of nitrogens with zero attached hydrogens (tertiary/aromatic N) is 1. The van der Waals surface area contributed by atoms with Crippen molar-refractivity contribution in [2.75, 3.05) is 0 Å². The van der Waals surface area contributed by atoms with Crippen LogP contribution in [-0.2, 0) is 5.41 Å². The Labute approximate surface area is 86.4 Å². The molecule has 0 spiro atoms. The van der Waals surface area contributed by atoms with Crippen molar-refractivity contribution in [3.05, 3.63) is 35.4 Å². The van der Waals surface area contributed by atoms with Gasteiger partial charge < -0.3 is 0 Å². The molecule has 0 unspecified atom stereocenters. The van der Waals surface area contributed by atoms with Crippen molar-refractivity contribution in [1.82, 2.24) is 0 Å². The van der Waals surface area contributed by atoms with Crippen LogP contribution >= 0.6 is 0 Å². The van der Waals surface area contributed by atoms with Gasteiger partial charge in [0.15, 0.2) is 0 Å². The van der Waals surface area contributed by atoms with E-state index >= 15 is 0 Å². The van der Waals surface area contributed by atoms with Gasteiger partial charge in [-0.25, -0.2) is 0 Å². The van der Waals surface area contributed by atoms with Crippen LogP contribution in [-0.4, -0.2) is 0 Å². The van der Waals surface area contributed by atoms with Gasteiger partial charge in [-0.15, -0.1) is 0 Å². The summed E-state index contributed by atoms with van der Waals surface area (Å²) in [5.41, 5.74) is 2.11. The molecular formula is C13H17N. The van der Waals surface area contributed by atoms with Gasteiger partial charge in [-0.2, -0.15) is 5.26 Å². The quantitative estimate of drug-likeness (QED) is 0.709. The Kier molecular flexibility index (Phi) is 3.30. The van der Waals surface area contributed by atoms with Gasteiger partial charge >= 0.3 is 0 Å². The highest BCUT2D eigenvalue weighted by atomic mass is 14.4. The third-order valence-electron chi connectivity index (χ3n) is 3.03. The Hall–Kier alpha value is -1.29. The van der Waals surface area contributed by atoms with Crippen molar-refractivity contribution in [2.45, 2.75) is 39.0 Å². The maximum Gasteiger partial charge on any atom is 0.0817 e. The second-order valence-corrected chi connectivity index (χ2v) is 3.77. The van der Waals surface area contributed by atoms with E-state index in [1.54, 1.807) is 0 Å². The molecule has 0 aromatic heterocycles. The molecule has 0 aliphatic rings. The second-order valence-electron chi connectivity index (χ2n) is 3.77. The molecule has 0 fully saturated rings. The minimum absolute atomic E-state index is 0.284. The average molecular weight is 187 g/mol. The maximum absolute atomic E-state index is 9.25. The van der Waals surface area contributed by atoms with Crippen LogP contribution in [0.25, 0.3) is 0 Å².